The lowest BCUT2D eigenvalue weighted by atomic mass is 10.0. The highest BCUT2D eigenvalue weighted by molar-refractivity contribution is 7.08. The number of hydrogen-bond donors (Lipinski definition) is 2. The zero-order chi connectivity index (χ0) is 15.2. The van der Waals surface area contributed by atoms with E-state index in [1.165, 1.54) is 17.4 Å². The second-order valence-corrected chi connectivity index (χ2v) is 5.33. The lowest BCUT2D eigenvalue weighted by molar-refractivity contribution is -0.131. The van der Waals surface area contributed by atoms with Crippen LogP contribution < -0.4 is 5.32 Å². The highest BCUT2D eigenvalue weighted by Gasteiger charge is 2.11. The molecule has 0 radical (unpaired) electrons. The van der Waals surface area contributed by atoms with E-state index < -0.39 is 5.97 Å². The zero-order valence-corrected chi connectivity index (χ0v) is 12.3. The number of nitrogens with one attached hydrogen (secondary N) is 1. The quantitative estimate of drug-likeness (QED) is 0.832. The lowest BCUT2D eigenvalue weighted by Gasteiger charge is -2.14. The molecular formula is C16H15NO3S. The number of amides is 1. The number of carbonyl (C=O) groups is 2. The Kier molecular flexibility index (Phi) is 4.90. The van der Waals surface area contributed by atoms with Gasteiger partial charge in [-0.25, -0.2) is 4.79 Å². The van der Waals surface area contributed by atoms with Gasteiger partial charge in [0.15, 0.2) is 0 Å². The maximum absolute atomic E-state index is 12.0. The van der Waals surface area contributed by atoms with Crippen molar-refractivity contribution < 1.29 is 14.7 Å². The van der Waals surface area contributed by atoms with Crippen LogP contribution in [0.5, 0.6) is 0 Å². The molecular weight excluding hydrogens is 286 g/mol. The molecule has 108 valence electrons. The molecule has 0 aliphatic rings. The molecule has 0 fully saturated rings. The highest BCUT2D eigenvalue weighted by Crippen LogP contribution is 2.16. The average molecular weight is 301 g/mol. The molecule has 1 unspecified atom stereocenters. The van der Waals surface area contributed by atoms with Crippen LogP contribution >= 0.6 is 11.3 Å². The molecule has 1 heterocycles. The summed E-state index contributed by atoms with van der Waals surface area (Å²) >= 11 is 1.48. The van der Waals surface area contributed by atoms with E-state index in [-0.39, 0.29) is 11.9 Å². The molecule has 2 rings (SSSR count). The number of thiophene rings is 1. The molecule has 0 saturated carbocycles. The molecule has 0 bridgehead atoms. The van der Waals surface area contributed by atoms with Gasteiger partial charge in [-0.05, 0) is 41.6 Å². The standard InChI is InChI=1S/C16H15NO3S/c1-11(17-16(20)14-7-8-21-10-14)13-4-2-3-12(9-13)5-6-15(18)19/h2-11H,1H3,(H,17,20)(H,18,19). The third-order valence-electron chi connectivity index (χ3n) is 2.96. The SMILES string of the molecule is CC(NC(=O)c1ccsc1)c1cccc(C=CC(=O)O)c1. The fourth-order valence-corrected chi connectivity index (χ4v) is 2.49. The maximum atomic E-state index is 12.0. The third kappa shape index (κ3) is 4.29. The predicted molar refractivity (Wildman–Crippen MR) is 83.3 cm³/mol. The summed E-state index contributed by atoms with van der Waals surface area (Å²) in [4.78, 5) is 22.5. The van der Waals surface area contributed by atoms with Gasteiger partial charge in [-0.15, -0.1) is 0 Å². The fourth-order valence-electron chi connectivity index (χ4n) is 1.86. The molecule has 2 N–H and O–H groups in total. The first-order valence-electron chi connectivity index (χ1n) is 6.40. The van der Waals surface area contributed by atoms with Gasteiger partial charge in [0.2, 0.25) is 0 Å². The van der Waals surface area contributed by atoms with Crippen LogP contribution in [-0.2, 0) is 4.79 Å². The monoisotopic (exact) mass is 301 g/mol. The van der Waals surface area contributed by atoms with Gasteiger partial charge in [0.05, 0.1) is 11.6 Å². The predicted octanol–water partition coefficient (Wildman–Crippen LogP) is 3.34. The summed E-state index contributed by atoms with van der Waals surface area (Å²) in [5.74, 6) is -1.10. The summed E-state index contributed by atoms with van der Waals surface area (Å²) in [6, 6.07) is 9.03. The topological polar surface area (TPSA) is 66.4 Å². The number of carbonyl (C=O) groups excluding carboxylic acids is 1. The number of carboxylic acids is 1. The number of rotatable bonds is 5. The molecule has 1 amide bonds. The van der Waals surface area contributed by atoms with E-state index in [1.54, 1.807) is 11.4 Å². The van der Waals surface area contributed by atoms with Gasteiger partial charge in [-0.2, -0.15) is 11.3 Å². The Hall–Kier alpha value is -2.40. The number of carboxylic acid groups (broad SMARTS) is 1. The van der Waals surface area contributed by atoms with E-state index in [2.05, 4.69) is 5.32 Å². The summed E-state index contributed by atoms with van der Waals surface area (Å²) in [6.45, 7) is 1.89. The Morgan fingerprint density at radius 1 is 1.33 bits per heavy atom. The Labute approximate surface area is 126 Å². The van der Waals surface area contributed by atoms with Crippen LogP contribution in [0.1, 0.15) is 34.5 Å². The van der Waals surface area contributed by atoms with Crippen molar-refractivity contribution in [3.63, 3.8) is 0 Å². The van der Waals surface area contributed by atoms with Crippen molar-refractivity contribution in [1.82, 2.24) is 5.32 Å². The summed E-state index contributed by atoms with van der Waals surface area (Å²) in [5, 5.41) is 15.2. The molecule has 1 aromatic heterocycles. The normalized spacial score (nSPS) is 12.2. The summed E-state index contributed by atoms with van der Waals surface area (Å²) < 4.78 is 0. The molecule has 0 spiro atoms. The van der Waals surface area contributed by atoms with Gasteiger partial charge in [0, 0.05) is 11.5 Å². The molecule has 5 heteroatoms. The van der Waals surface area contributed by atoms with Crippen LogP contribution in [0.4, 0.5) is 0 Å². The van der Waals surface area contributed by atoms with Crippen molar-refractivity contribution in [2.24, 2.45) is 0 Å². The van der Waals surface area contributed by atoms with E-state index in [0.29, 0.717) is 5.56 Å². The molecule has 0 saturated heterocycles. The first kappa shape index (κ1) is 15.0. The summed E-state index contributed by atoms with van der Waals surface area (Å²) in [7, 11) is 0. The van der Waals surface area contributed by atoms with Crippen LogP contribution in [0.2, 0.25) is 0 Å². The van der Waals surface area contributed by atoms with Crippen LogP contribution in [-0.4, -0.2) is 17.0 Å². The second-order valence-electron chi connectivity index (χ2n) is 4.55. The molecule has 0 aliphatic carbocycles. The van der Waals surface area contributed by atoms with Crippen molar-refractivity contribution in [2.45, 2.75) is 13.0 Å². The lowest BCUT2D eigenvalue weighted by Crippen LogP contribution is -2.26. The minimum Gasteiger partial charge on any atom is -0.478 e. The number of benzene rings is 1. The summed E-state index contributed by atoms with van der Waals surface area (Å²) in [5.41, 5.74) is 2.35. The van der Waals surface area contributed by atoms with E-state index in [9.17, 15) is 9.59 Å². The maximum Gasteiger partial charge on any atom is 0.328 e. The smallest absolute Gasteiger partial charge is 0.328 e. The van der Waals surface area contributed by atoms with Crippen LogP contribution in [0.3, 0.4) is 0 Å². The van der Waals surface area contributed by atoms with E-state index >= 15 is 0 Å². The van der Waals surface area contributed by atoms with Crippen molar-refractivity contribution in [2.75, 3.05) is 0 Å². The number of aliphatic carboxylic acids is 1. The fraction of sp³-hybridized carbons (Fsp3) is 0.125. The van der Waals surface area contributed by atoms with Gasteiger partial charge in [-0.1, -0.05) is 18.2 Å². The molecule has 1 aromatic carbocycles. The molecule has 4 nitrogen and oxygen atoms in total. The Balaban J connectivity index is 2.08. The second kappa shape index (κ2) is 6.85. The molecule has 1 atom stereocenters. The van der Waals surface area contributed by atoms with Gasteiger partial charge >= 0.3 is 5.97 Å². The zero-order valence-electron chi connectivity index (χ0n) is 11.4. The van der Waals surface area contributed by atoms with E-state index in [1.807, 2.05) is 36.6 Å². The van der Waals surface area contributed by atoms with Gasteiger partial charge in [0.1, 0.15) is 0 Å². The van der Waals surface area contributed by atoms with Crippen molar-refractivity contribution in [3.8, 4) is 0 Å². The van der Waals surface area contributed by atoms with Crippen LogP contribution in [0, 0.1) is 0 Å². The molecule has 0 aliphatic heterocycles. The molecule has 2 aromatic rings. The first-order chi connectivity index (χ1) is 10.1. The highest BCUT2D eigenvalue weighted by atomic mass is 32.1. The number of hydrogen-bond acceptors (Lipinski definition) is 3. The van der Waals surface area contributed by atoms with Crippen molar-refractivity contribution in [1.29, 1.82) is 0 Å². The minimum atomic E-state index is -0.987. The average Bonchev–Trinajstić information content (AvgIpc) is 2.99. The van der Waals surface area contributed by atoms with Crippen molar-refractivity contribution in [3.05, 3.63) is 63.9 Å². The van der Waals surface area contributed by atoms with E-state index in [4.69, 9.17) is 5.11 Å². The Bertz CT molecular complexity index is 662. The van der Waals surface area contributed by atoms with Gasteiger partial charge < -0.3 is 10.4 Å². The third-order valence-corrected chi connectivity index (χ3v) is 3.64. The van der Waals surface area contributed by atoms with Gasteiger partial charge in [0.25, 0.3) is 5.91 Å². The molecule has 21 heavy (non-hydrogen) atoms. The summed E-state index contributed by atoms with van der Waals surface area (Å²) in [6.07, 6.45) is 2.62. The van der Waals surface area contributed by atoms with Crippen LogP contribution in [0.15, 0.2) is 47.2 Å². The van der Waals surface area contributed by atoms with Crippen molar-refractivity contribution >= 4 is 29.3 Å². The van der Waals surface area contributed by atoms with E-state index in [0.717, 1.165) is 17.2 Å². The van der Waals surface area contributed by atoms with Crippen LogP contribution in [0.25, 0.3) is 6.08 Å². The Morgan fingerprint density at radius 2 is 2.14 bits per heavy atom. The van der Waals surface area contributed by atoms with Gasteiger partial charge in [-0.3, -0.25) is 4.79 Å². The Morgan fingerprint density at radius 3 is 2.81 bits per heavy atom. The largest absolute Gasteiger partial charge is 0.478 e. The minimum absolute atomic E-state index is 0.116. The first-order valence-corrected chi connectivity index (χ1v) is 7.34.